The van der Waals surface area contributed by atoms with Crippen LogP contribution in [0.3, 0.4) is 0 Å². The van der Waals surface area contributed by atoms with Crippen LogP contribution >= 0.6 is 12.6 Å². The maximum Gasteiger partial charge on any atom is 0.0223 e. The zero-order chi connectivity index (χ0) is 10.5. The van der Waals surface area contributed by atoms with E-state index in [0.717, 1.165) is 18.3 Å². The minimum Gasteiger partial charge on any atom is -0.299 e. The monoisotopic (exact) mass is 226 g/mol. The molecule has 2 saturated heterocycles. The van der Waals surface area contributed by atoms with Crippen molar-refractivity contribution in [2.45, 2.75) is 25.3 Å². The van der Waals surface area contributed by atoms with E-state index >= 15 is 0 Å². The van der Waals surface area contributed by atoms with Gasteiger partial charge in [-0.25, -0.2) is 0 Å². The molecule has 2 nitrogen and oxygen atoms in total. The Hall–Kier alpha value is 0.01000. The van der Waals surface area contributed by atoms with E-state index in [-0.39, 0.29) is 0 Å². The van der Waals surface area contributed by atoms with E-state index in [2.05, 4.69) is 34.6 Å². The fourth-order valence-corrected chi connectivity index (χ4v) is 2.90. The van der Waals surface area contributed by atoms with E-state index in [4.69, 9.17) is 0 Å². The first-order chi connectivity index (χ1) is 7.40. The summed E-state index contributed by atoms with van der Waals surface area (Å²) >= 11 is 4.19. The van der Waals surface area contributed by atoms with Crippen LogP contribution in [0.4, 0.5) is 0 Å². The molecule has 2 fully saturated rings. The number of fused-ring (bicyclic) bond motifs is 1. The summed E-state index contributed by atoms with van der Waals surface area (Å²) in [5.74, 6) is 0.864. The molecule has 2 aliphatic rings. The molecule has 0 amide bonds. The molecule has 15 heavy (non-hydrogen) atoms. The number of hydrogen-bond acceptors (Lipinski definition) is 3. The summed E-state index contributed by atoms with van der Waals surface area (Å²) in [6.45, 7) is 6.31. The molecule has 0 aliphatic carbocycles. The van der Waals surface area contributed by atoms with Crippen molar-refractivity contribution in [3.63, 3.8) is 0 Å². The van der Waals surface area contributed by atoms with Crippen LogP contribution in [0.2, 0.25) is 0 Å². The highest BCUT2D eigenvalue weighted by Crippen LogP contribution is 2.20. The molecule has 1 unspecified atom stereocenters. The van der Waals surface area contributed by atoms with E-state index in [1.54, 1.807) is 0 Å². The van der Waals surface area contributed by atoms with E-state index in [1.165, 1.54) is 45.4 Å². The highest BCUT2D eigenvalue weighted by Gasteiger charge is 2.27. The lowest BCUT2D eigenvalue weighted by molar-refractivity contribution is 0.231. The van der Waals surface area contributed by atoms with Crippen LogP contribution in [0, 0.1) is 0 Å². The average molecular weight is 226 g/mol. The molecule has 0 aromatic carbocycles. The van der Waals surface area contributed by atoms with Gasteiger partial charge in [-0.05, 0) is 38.9 Å². The summed E-state index contributed by atoms with van der Waals surface area (Å²) in [4.78, 5) is 5.28. The van der Waals surface area contributed by atoms with Gasteiger partial charge in [0.15, 0.2) is 0 Å². The molecule has 0 saturated carbocycles. The van der Waals surface area contributed by atoms with Gasteiger partial charge in [0.05, 0.1) is 0 Å². The molecule has 0 N–H and O–H groups in total. The third-order valence-corrected chi connectivity index (χ3v) is 3.73. The molecular weight excluding hydrogens is 204 g/mol. The van der Waals surface area contributed by atoms with Crippen LogP contribution in [-0.2, 0) is 0 Å². The Morgan fingerprint density at radius 3 is 2.87 bits per heavy atom. The lowest BCUT2D eigenvalue weighted by Gasteiger charge is -2.24. The van der Waals surface area contributed by atoms with Crippen molar-refractivity contribution in [3.05, 3.63) is 12.2 Å². The van der Waals surface area contributed by atoms with Gasteiger partial charge in [-0.15, -0.1) is 0 Å². The lowest BCUT2D eigenvalue weighted by atomic mass is 10.2. The molecule has 1 atom stereocenters. The van der Waals surface area contributed by atoms with Gasteiger partial charge in [0, 0.05) is 24.9 Å². The normalized spacial score (nSPS) is 29.5. The second-order valence-electron chi connectivity index (χ2n) is 4.60. The maximum absolute atomic E-state index is 4.19. The van der Waals surface area contributed by atoms with Crippen LogP contribution in [0.15, 0.2) is 12.2 Å². The first-order valence-corrected chi connectivity index (χ1v) is 6.75. The number of thiol groups is 1. The van der Waals surface area contributed by atoms with Crippen molar-refractivity contribution in [3.8, 4) is 0 Å². The second-order valence-corrected chi connectivity index (χ2v) is 4.96. The van der Waals surface area contributed by atoms with Gasteiger partial charge in [0.1, 0.15) is 0 Å². The number of rotatable bonds is 3. The van der Waals surface area contributed by atoms with Gasteiger partial charge in [-0.1, -0.05) is 12.2 Å². The summed E-state index contributed by atoms with van der Waals surface area (Å²) < 4.78 is 0. The molecule has 0 aromatic heterocycles. The van der Waals surface area contributed by atoms with Gasteiger partial charge in [0.25, 0.3) is 0 Å². The summed E-state index contributed by atoms with van der Waals surface area (Å²) in [5, 5.41) is 0. The van der Waals surface area contributed by atoms with E-state index in [0.29, 0.717) is 0 Å². The van der Waals surface area contributed by atoms with Crippen molar-refractivity contribution < 1.29 is 0 Å². The van der Waals surface area contributed by atoms with E-state index < -0.39 is 0 Å². The predicted molar refractivity (Wildman–Crippen MR) is 68.6 cm³/mol. The molecule has 2 heterocycles. The van der Waals surface area contributed by atoms with Crippen molar-refractivity contribution in [2.75, 3.05) is 38.5 Å². The third kappa shape index (κ3) is 3.23. The van der Waals surface area contributed by atoms with Crippen LogP contribution in [-0.4, -0.2) is 54.3 Å². The molecule has 2 aliphatic heterocycles. The molecular formula is C12H22N2S. The summed E-state index contributed by atoms with van der Waals surface area (Å²) in [5.41, 5.74) is 0. The van der Waals surface area contributed by atoms with Crippen LogP contribution in [0.5, 0.6) is 0 Å². The zero-order valence-corrected chi connectivity index (χ0v) is 10.3. The van der Waals surface area contributed by atoms with Crippen molar-refractivity contribution >= 4 is 12.6 Å². The third-order valence-electron chi connectivity index (χ3n) is 3.52. The highest BCUT2D eigenvalue weighted by molar-refractivity contribution is 7.80. The summed E-state index contributed by atoms with van der Waals surface area (Å²) in [7, 11) is 0. The minimum absolute atomic E-state index is 0.844. The summed E-state index contributed by atoms with van der Waals surface area (Å²) in [6, 6.07) is 0.844. The fraction of sp³-hybridized carbons (Fsp3) is 0.833. The Bertz CT molecular complexity index is 218. The standard InChI is InChI=1S/C12H22N2S/c15-10-2-1-6-13-7-4-9-14-8-3-5-12(14)11-13/h1-2,12,15H,3-11H2. The molecule has 0 aromatic rings. The minimum atomic E-state index is 0.844. The molecule has 0 bridgehead atoms. The first kappa shape index (κ1) is 11.5. The zero-order valence-electron chi connectivity index (χ0n) is 9.44. The van der Waals surface area contributed by atoms with Crippen LogP contribution < -0.4 is 0 Å². The Balaban J connectivity index is 1.82. The SMILES string of the molecule is SCC=CCN1CCCN2CCCC2C1. The molecule has 0 radical (unpaired) electrons. The quantitative estimate of drug-likeness (QED) is 0.577. The lowest BCUT2D eigenvalue weighted by Crippen LogP contribution is -2.36. The summed E-state index contributed by atoms with van der Waals surface area (Å²) in [6.07, 6.45) is 8.57. The van der Waals surface area contributed by atoms with Gasteiger partial charge in [0.2, 0.25) is 0 Å². The second kappa shape index (κ2) is 5.92. The van der Waals surface area contributed by atoms with Gasteiger partial charge in [-0.3, -0.25) is 9.80 Å². The molecule has 3 heteroatoms. The molecule has 86 valence electrons. The first-order valence-electron chi connectivity index (χ1n) is 6.12. The Kier molecular flexibility index (Phi) is 4.54. The van der Waals surface area contributed by atoms with Gasteiger partial charge >= 0.3 is 0 Å². The van der Waals surface area contributed by atoms with Gasteiger partial charge in [-0.2, -0.15) is 12.6 Å². The van der Waals surface area contributed by atoms with Crippen molar-refractivity contribution in [1.29, 1.82) is 0 Å². The highest BCUT2D eigenvalue weighted by atomic mass is 32.1. The van der Waals surface area contributed by atoms with Crippen molar-refractivity contribution in [1.82, 2.24) is 9.80 Å². The number of hydrogen-bond donors (Lipinski definition) is 1. The van der Waals surface area contributed by atoms with Crippen molar-refractivity contribution in [2.24, 2.45) is 0 Å². The van der Waals surface area contributed by atoms with E-state index in [9.17, 15) is 0 Å². The smallest absolute Gasteiger partial charge is 0.0223 e. The fourth-order valence-electron chi connectivity index (χ4n) is 2.75. The Morgan fingerprint density at radius 1 is 1.13 bits per heavy atom. The van der Waals surface area contributed by atoms with Gasteiger partial charge < -0.3 is 0 Å². The largest absolute Gasteiger partial charge is 0.299 e. The molecule has 2 rings (SSSR count). The van der Waals surface area contributed by atoms with E-state index in [1.807, 2.05) is 0 Å². The number of nitrogens with zero attached hydrogens (tertiary/aromatic N) is 2. The predicted octanol–water partition coefficient (Wildman–Crippen LogP) is 1.64. The Morgan fingerprint density at radius 2 is 2.00 bits per heavy atom. The van der Waals surface area contributed by atoms with Crippen LogP contribution in [0.1, 0.15) is 19.3 Å². The Labute approximate surface area is 98.7 Å². The molecule has 0 spiro atoms. The maximum atomic E-state index is 4.19. The average Bonchev–Trinajstić information content (AvgIpc) is 2.58. The topological polar surface area (TPSA) is 6.48 Å². The van der Waals surface area contributed by atoms with Crippen LogP contribution in [0.25, 0.3) is 0 Å².